The Morgan fingerprint density at radius 2 is 1.73 bits per heavy atom. The third kappa shape index (κ3) is 9.92. The number of esters is 1. The van der Waals surface area contributed by atoms with Gasteiger partial charge in [-0.3, -0.25) is 10.5 Å². The molecule has 0 radical (unpaired) electrons. The number of aromatic nitrogens is 2. The molecule has 0 aliphatic heterocycles. The van der Waals surface area contributed by atoms with Crippen molar-refractivity contribution in [2.75, 3.05) is 32.2 Å². The summed E-state index contributed by atoms with van der Waals surface area (Å²) in [4.78, 5) is 33.5. The van der Waals surface area contributed by atoms with E-state index >= 15 is 0 Å². The van der Waals surface area contributed by atoms with E-state index < -0.39 is 24.1 Å². The zero-order valence-corrected chi connectivity index (χ0v) is 29.4. The highest BCUT2D eigenvalue weighted by molar-refractivity contribution is 7.98. The molecule has 1 amide bonds. The molecule has 0 aliphatic rings. The lowest BCUT2D eigenvalue weighted by atomic mass is 9.96. The molecule has 2 aromatic heterocycles. The Kier molecular flexibility index (Phi) is 13.8. The predicted octanol–water partition coefficient (Wildman–Crippen LogP) is 5.74. The number of carbonyl (C=O) groups is 2. The van der Waals surface area contributed by atoms with Gasteiger partial charge in [-0.05, 0) is 43.2 Å². The first-order valence-electron chi connectivity index (χ1n) is 15.1. The van der Waals surface area contributed by atoms with E-state index in [1.54, 1.807) is 24.3 Å². The van der Waals surface area contributed by atoms with Crippen molar-refractivity contribution in [3.05, 3.63) is 75.8 Å². The average molecular weight is 720 g/mol. The standard InChI is InChI=1S/C34H34ClN7O5S2/c1-4-13-39-30-26(16-36)28(21-7-11-25(12-8-21)46-14-15-47-34(44)20(2)40-31(43)29(38)45-3)27(17-37)33(42-30)49-19-24-18-48-32(41-24)22-5-9-23(35)10-6-22/h5-12,18,20,29H,4,13-15,19,38H2,1-3H3,(H,39,42)(H,40,43). The topological polar surface area (TPSA) is 185 Å². The normalized spacial score (nSPS) is 11.9. The summed E-state index contributed by atoms with van der Waals surface area (Å²) >= 11 is 8.93. The summed E-state index contributed by atoms with van der Waals surface area (Å²) in [6.45, 7) is 4.06. The van der Waals surface area contributed by atoms with Crippen molar-refractivity contribution in [3.8, 4) is 39.6 Å². The number of anilines is 1. The summed E-state index contributed by atoms with van der Waals surface area (Å²) in [5.41, 5.74) is 8.91. The van der Waals surface area contributed by atoms with Gasteiger partial charge in [0.05, 0.1) is 11.3 Å². The van der Waals surface area contributed by atoms with Crippen molar-refractivity contribution in [3.63, 3.8) is 0 Å². The molecule has 2 atom stereocenters. The molecule has 0 bridgehead atoms. The lowest BCUT2D eigenvalue weighted by Crippen LogP contribution is -2.48. The van der Waals surface area contributed by atoms with Crippen LogP contribution in [0.3, 0.4) is 0 Å². The number of rotatable bonds is 16. The number of benzene rings is 2. The number of thioether (sulfide) groups is 1. The number of nitrogens with one attached hydrogen (secondary N) is 2. The largest absolute Gasteiger partial charge is 0.490 e. The van der Waals surface area contributed by atoms with Gasteiger partial charge in [-0.15, -0.1) is 11.3 Å². The summed E-state index contributed by atoms with van der Waals surface area (Å²) in [6.07, 6.45) is -0.377. The van der Waals surface area contributed by atoms with Gasteiger partial charge in [-0.2, -0.15) is 10.5 Å². The summed E-state index contributed by atoms with van der Waals surface area (Å²) in [7, 11) is 1.28. The molecule has 2 aromatic carbocycles. The zero-order chi connectivity index (χ0) is 35.3. The Balaban J connectivity index is 1.48. The van der Waals surface area contributed by atoms with Gasteiger partial charge in [0, 0.05) is 40.9 Å². The van der Waals surface area contributed by atoms with E-state index in [4.69, 9.17) is 41.5 Å². The highest BCUT2D eigenvalue weighted by Crippen LogP contribution is 2.38. The van der Waals surface area contributed by atoms with E-state index in [2.05, 4.69) is 22.8 Å². The first kappa shape index (κ1) is 37.1. The van der Waals surface area contributed by atoms with E-state index in [1.165, 1.54) is 37.1 Å². The minimum atomic E-state index is -1.19. The number of hydrogen-bond acceptors (Lipinski definition) is 13. The molecular weight excluding hydrogens is 686 g/mol. The van der Waals surface area contributed by atoms with Crippen LogP contribution in [0.1, 0.15) is 37.1 Å². The van der Waals surface area contributed by atoms with Crippen LogP contribution in [0.15, 0.2) is 58.9 Å². The lowest BCUT2D eigenvalue weighted by Gasteiger charge is -2.16. The second kappa shape index (κ2) is 18.2. The number of thiazole rings is 1. The molecule has 12 nitrogen and oxygen atoms in total. The average Bonchev–Trinajstić information content (AvgIpc) is 3.60. The fourth-order valence-electron chi connectivity index (χ4n) is 4.39. The van der Waals surface area contributed by atoms with Crippen LogP contribution in [0.25, 0.3) is 21.7 Å². The van der Waals surface area contributed by atoms with Crippen LogP contribution in [-0.4, -0.2) is 61.0 Å². The number of methoxy groups -OCH3 is 1. The summed E-state index contributed by atoms with van der Waals surface area (Å²) in [5, 5.41) is 30.2. The molecule has 0 aliphatic carbocycles. The minimum Gasteiger partial charge on any atom is -0.490 e. The molecule has 0 fully saturated rings. The van der Waals surface area contributed by atoms with Gasteiger partial charge in [-0.1, -0.05) is 54.6 Å². The number of pyridine rings is 1. The number of hydrogen-bond donors (Lipinski definition) is 3. The van der Waals surface area contributed by atoms with Crippen molar-refractivity contribution in [2.24, 2.45) is 5.73 Å². The Morgan fingerprint density at radius 3 is 2.39 bits per heavy atom. The van der Waals surface area contributed by atoms with Crippen LogP contribution in [0.2, 0.25) is 5.02 Å². The van der Waals surface area contributed by atoms with Crippen LogP contribution in [0, 0.1) is 22.7 Å². The molecule has 2 unspecified atom stereocenters. The summed E-state index contributed by atoms with van der Waals surface area (Å²) < 4.78 is 15.6. The van der Waals surface area contributed by atoms with Crippen LogP contribution in [0.4, 0.5) is 5.82 Å². The maximum atomic E-state index is 12.2. The smallest absolute Gasteiger partial charge is 0.328 e. The van der Waals surface area contributed by atoms with E-state index in [9.17, 15) is 20.1 Å². The van der Waals surface area contributed by atoms with Crippen LogP contribution >= 0.6 is 34.7 Å². The SMILES string of the molecule is CCCNc1nc(SCc2csc(-c3ccc(Cl)cc3)n2)c(C#N)c(-c2ccc(OCCOC(=O)C(C)NC(=O)C(N)OC)cc2)c1C#N. The zero-order valence-electron chi connectivity index (χ0n) is 27.0. The van der Waals surface area contributed by atoms with Gasteiger partial charge in [0.2, 0.25) is 0 Å². The van der Waals surface area contributed by atoms with Crippen molar-refractivity contribution < 1.29 is 23.8 Å². The third-order valence-electron chi connectivity index (χ3n) is 6.89. The lowest BCUT2D eigenvalue weighted by molar-refractivity contribution is -0.149. The monoisotopic (exact) mass is 719 g/mol. The van der Waals surface area contributed by atoms with E-state index in [1.807, 2.05) is 36.6 Å². The molecular formula is C34H34ClN7O5S2. The number of nitrogens with two attached hydrogens (primary N) is 1. The Morgan fingerprint density at radius 1 is 1.04 bits per heavy atom. The Labute approximate surface area is 297 Å². The maximum absolute atomic E-state index is 12.2. The fraction of sp³-hybridized carbons (Fsp3) is 0.294. The van der Waals surface area contributed by atoms with Gasteiger partial charge >= 0.3 is 5.97 Å². The van der Waals surface area contributed by atoms with Crippen molar-refractivity contribution >= 4 is 52.4 Å². The van der Waals surface area contributed by atoms with Gasteiger partial charge in [0.1, 0.15) is 58.6 Å². The third-order valence-corrected chi connectivity index (χ3v) is 9.09. The second-order valence-corrected chi connectivity index (χ2v) is 12.7. The number of halogens is 1. The van der Waals surface area contributed by atoms with E-state index in [0.717, 1.165) is 22.7 Å². The molecule has 0 saturated carbocycles. The molecule has 49 heavy (non-hydrogen) atoms. The minimum absolute atomic E-state index is 0.0493. The van der Waals surface area contributed by atoms with Crippen molar-refractivity contribution in [1.29, 1.82) is 10.5 Å². The molecule has 254 valence electrons. The van der Waals surface area contributed by atoms with Crippen molar-refractivity contribution in [2.45, 2.75) is 43.3 Å². The van der Waals surface area contributed by atoms with Gasteiger partial charge < -0.3 is 24.8 Å². The molecule has 15 heteroatoms. The fourth-order valence-corrected chi connectivity index (χ4v) is 6.33. The highest BCUT2D eigenvalue weighted by atomic mass is 35.5. The van der Waals surface area contributed by atoms with Gasteiger partial charge in [0.15, 0.2) is 6.23 Å². The molecule has 0 spiro atoms. The second-order valence-electron chi connectivity index (χ2n) is 10.4. The van der Waals surface area contributed by atoms with E-state index in [0.29, 0.717) is 45.0 Å². The van der Waals surface area contributed by atoms with Crippen LogP contribution in [0.5, 0.6) is 5.75 Å². The summed E-state index contributed by atoms with van der Waals surface area (Å²) in [6, 6.07) is 18.0. The molecule has 0 saturated heterocycles. The van der Waals surface area contributed by atoms with Crippen molar-refractivity contribution in [1.82, 2.24) is 15.3 Å². The highest BCUT2D eigenvalue weighted by Gasteiger charge is 2.23. The number of ether oxygens (including phenoxy) is 3. The summed E-state index contributed by atoms with van der Waals surface area (Å²) in [5.74, 6) is 0.0567. The van der Waals surface area contributed by atoms with Gasteiger partial charge in [0.25, 0.3) is 5.91 Å². The van der Waals surface area contributed by atoms with E-state index in [-0.39, 0.29) is 24.3 Å². The maximum Gasteiger partial charge on any atom is 0.328 e. The predicted molar refractivity (Wildman–Crippen MR) is 189 cm³/mol. The number of amides is 1. The number of nitrogens with zero attached hydrogens (tertiary/aromatic N) is 4. The first-order chi connectivity index (χ1) is 23.7. The number of nitriles is 2. The molecule has 4 rings (SSSR count). The molecule has 4 N–H and O–H groups in total. The molecule has 4 aromatic rings. The molecule has 2 heterocycles. The van der Waals surface area contributed by atoms with Crippen LogP contribution < -0.4 is 21.1 Å². The van der Waals surface area contributed by atoms with Crippen LogP contribution in [-0.2, 0) is 24.8 Å². The Hall–Kier alpha value is -4.70. The first-order valence-corrected chi connectivity index (χ1v) is 17.4. The number of carbonyl (C=O) groups excluding carboxylic acids is 2. The Bertz CT molecular complexity index is 1840. The van der Waals surface area contributed by atoms with Gasteiger partial charge in [-0.25, -0.2) is 14.8 Å². The quantitative estimate of drug-likeness (QED) is 0.0553.